The molecule has 4 unspecified atom stereocenters. The van der Waals surface area contributed by atoms with Crippen molar-refractivity contribution in [2.45, 2.75) is 57.5 Å². The van der Waals surface area contributed by atoms with Gasteiger partial charge in [0.1, 0.15) is 0 Å². The van der Waals surface area contributed by atoms with Gasteiger partial charge in [-0.05, 0) is 50.5 Å². The van der Waals surface area contributed by atoms with E-state index in [9.17, 15) is 4.79 Å². The predicted octanol–water partition coefficient (Wildman–Crippen LogP) is 1.78. The van der Waals surface area contributed by atoms with Gasteiger partial charge in [-0.3, -0.25) is 4.79 Å². The van der Waals surface area contributed by atoms with E-state index in [1.54, 1.807) is 0 Å². The molecule has 3 heteroatoms. The van der Waals surface area contributed by atoms with E-state index >= 15 is 0 Å². The van der Waals surface area contributed by atoms with Crippen molar-refractivity contribution in [1.29, 1.82) is 0 Å². The first-order valence-electron chi connectivity index (χ1n) is 7.31. The van der Waals surface area contributed by atoms with Gasteiger partial charge in [0.05, 0.1) is 6.04 Å². The highest BCUT2D eigenvalue weighted by molar-refractivity contribution is 5.82. The normalized spacial score (nSPS) is 40.9. The maximum Gasteiger partial charge on any atom is 0.239 e. The summed E-state index contributed by atoms with van der Waals surface area (Å²) in [4.78, 5) is 14.7. The number of hydrogen-bond acceptors (Lipinski definition) is 2. The molecule has 96 valence electrons. The summed E-state index contributed by atoms with van der Waals surface area (Å²) in [6.07, 6.45) is 7.40. The first kappa shape index (κ1) is 11.5. The molecule has 2 bridgehead atoms. The van der Waals surface area contributed by atoms with Gasteiger partial charge in [0.25, 0.3) is 0 Å². The van der Waals surface area contributed by atoms with Crippen molar-refractivity contribution in [1.82, 2.24) is 10.2 Å². The first-order chi connectivity index (χ1) is 8.28. The van der Waals surface area contributed by atoms with Crippen LogP contribution in [0.3, 0.4) is 0 Å². The summed E-state index contributed by atoms with van der Waals surface area (Å²) in [5.41, 5.74) is 0. The second kappa shape index (κ2) is 4.60. The molecule has 0 aromatic carbocycles. The van der Waals surface area contributed by atoms with Gasteiger partial charge in [-0.1, -0.05) is 13.3 Å². The van der Waals surface area contributed by atoms with Crippen molar-refractivity contribution in [2.75, 3.05) is 13.1 Å². The third-order valence-corrected chi connectivity index (χ3v) is 5.08. The molecule has 2 aliphatic heterocycles. The quantitative estimate of drug-likeness (QED) is 0.792. The molecule has 0 aromatic rings. The lowest BCUT2D eigenvalue weighted by Gasteiger charge is -2.35. The standard InChI is InChI=1S/C14H24N2O/c1-2-10-5-6-15-13(8-10)14(17)16-9-11-3-4-12(16)7-11/h10-13,15H,2-9H2,1H3. The van der Waals surface area contributed by atoms with Crippen LogP contribution in [0.2, 0.25) is 0 Å². The lowest BCUT2D eigenvalue weighted by Crippen LogP contribution is -2.52. The fraction of sp³-hybridized carbons (Fsp3) is 0.929. The Morgan fingerprint density at radius 1 is 1.29 bits per heavy atom. The molecule has 0 spiro atoms. The van der Waals surface area contributed by atoms with Gasteiger partial charge < -0.3 is 10.2 Å². The Morgan fingerprint density at radius 2 is 2.18 bits per heavy atom. The number of carbonyl (C=O) groups is 1. The van der Waals surface area contributed by atoms with E-state index in [1.165, 1.54) is 32.1 Å². The Labute approximate surface area is 104 Å². The number of fused-ring (bicyclic) bond motifs is 2. The zero-order valence-electron chi connectivity index (χ0n) is 10.8. The molecule has 2 saturated heterocycles. The number of nitrogens with zero attached hydrogens (tertiary/aromatic N) is 1. The van der Waals surface area contributed by atoms with Crippen LogP contribution in [-0.4, -0.2) is 36.0 Å². The smallest absolute Gasteiger partial charge is 0.239 e. The molecule has 3 aliphatic rings. The Bertz CT molecular complexity index is 305. The van der Waals surface area contributed by atoms with E-state index in [0.717, 1.165) is 31.3 Å². The highest BCUT2D eigenvalue weighted by Gasteiger charge is 2.42. The maximum absolute atomic E-state index is 12.5. The van der Waals surface area contributed by atoms with Crippen LogP contribution in [-0.2, 0) is 4.79 Å². The van der Waals surface area contributed by atoms with Gasteiger partial charge in [0, 0.05) is 12.6 Å². The van der Waals surface area contributed by atoms with E-state index in [4.69, 9.17) is 0 Å². The van der Waals surface area contributed by atoms with Crippen LogP contribution in [0.1, 0.15) is 45.4 Å². The van der Waals surface area contributed by atoms with Crippen LogP contribution < -0.4 is 5.32 Å². The number of amides is 1. The fourth-order valence-corrected chi connectivity index (χ4v) is 3.95. The molecule has 1 aliphatic carbocycles. The highest BCUT2D eigenvalue weighted by atomic mass is 16.2. The molecule has 1 amide bonds. The zero-order chi connectivity index (χ0) is 11.8. The molecule has 1 saturated carbocycles. The van der Waals surface area contributed by atoms with E-state index < -0.39 is 0 Å². The first-order valence-corrected chi connectivity index (χ1v) is 7.31. The van der Waals surface area contributed by atoms with Crippen LogP contribution >= 0.6 is 0 Å². The number of rotatable bonds is 2. The molecule has 0 aromatic heterocycles. The van der Waals surface area contributed by atoms with Gasteiger partial charge in [-0.15, -0.1) is 0 Å². The zero-order valence-corrected chi connectivity index (χ0v) is 10.8. The highest BCUT2D eigenvalue weighted by Crippen LogP contribution is 2.38. The summed E-state index contributed by atoms with van der Waals surface area (Å²) in [6, 6.07) is 0.698. The average Bonchev–Trinajstić information content (AvgIpc) is 3.00. The molecule has 3 nitrogen and oxygen atoms in total. The minimum atomic E-state index is 0.119. The molecule has 3 rings (SSSR count). The summed E-state index contributed by atoms with van der Waals surface area (Å²) in [7, 11) is 0. The van der Waals surface area contributed by atoms with Crippen molar-refractivity contribution in [3.63, 3.8) is 0 Å². The van der Waals surface area contributed by atoms with Gasteiger partial charge in [-0.25, -0.2) is 0 Å². The number of nitrogens with one attached hydrogen (secondary N) is 1. The van der Waals surface area contributed by atoms with Crippen molar-refractivity contribution in [3.05, 3.63) is 0 Å². The van der Waals surface area contributed by atoms with Crippen LogP contribution in [0.25, 0.3) is 0 Å². The van der Waals surface area contributed by atoms with Crippen LogP contribution in [0, 0.1) is 11.8 Å². The second-order valence-corrected chi connectivity index (χ2v) is 6.13. The lowest BCUT2D eigenvalue weighted by atomic mass is 9.89. The Kier molecular flexibility index (Phi) is 3.12. The molecular weight excluding hydrogens is 212 g/mol. The van der Waals surface area contributed by atoms with E-state index in [0.29, 0.717) is 11.9 Å². The second-order valence-electron chi connectivity index (χ2n) is 6.13. The topological polar surface area (TPSA) is 32.3 Å². The van der Waals surface area contributed by atoms with E-state index in [-0.39, 0.29) is 6.04 Å². The maximum atomic E-state index is 12.5. The largest absolute Gasteiger partial charge is 0.338 e. The SMILES string of the molecule is CCC1CCNC(C(=O)N2CC3CCC2C3)C1. The molecule has 3 fully saturated rings. The van der Waals surface area contributed by atoms with Gasteiger partial charge in [0.15, 0.2) is 0 Å². The van der Waals surface area contributed by atoms with Crippen LogP contribution in [0.5, 0.6) is 0 Å². The number of piperidine rings is 2. The van der Waals surface area contributed by atoms with Crippen molar-refractivity contribution in [3.8, 4) is 0 Å². The minimum absolute atomic E-state index is 0.119. The molecular formula is C14H24N2O. The van der Waals surface area contributed by atoms with Crippen molar-refractivity contribution >= 4 is 5.91 Å². The van der Waals surface area contributed by atoms with Gasteiger partial charge in [-0.2, -0.15) is 0 Å². The van der Waals surface area contributed by atoms with Crippen LogP contribution in [0.4, 0.5) is 0 Å². The average molecular weight is 236 g/mol. The Hall–Kier alpha value is -0.570. The van der Waals surface area contributed by atoms with Crippen molar-refractivity contribution in [2.24, 2.45) is 11.8 Å². The third kappa shape index (κ3) is 2.10. The van der Waals surface area contributed by atoms with Gasteiger partial charge >= 0.3 is 0 Å². The Morgan fingerprint density at radius 3 is 2.82 bits per heavy atom. The molecule has 1 N–H and O–H groups in total. The summed E-state index contributed by atoms with van der Waals surface area (Å²) in [5, 5.41) is 3.43. The fourth-order valence-electron chi connectivity index (χ4n) is 3.95. The number of carbonyl (C=O) groups excluding carboxylic acids is 1. The number of hydrogen-bond donors (Lipinski definition) is 1. The monoisotopic (exact) mass is 236 g/mol. The molecule has 17 heavy (non-hydrogen) atoms. The predicted molar refractivity (Wildman–Crippen MR) is 67.6 cm³/mol. The van der Waals surface area contributed by atoms with E-state index in [1.807, 2.05) is 0 Å². The molecule has 2 heterocycles. The van der Waals surface area contributed by atoms with Crippen molar-refractivity contribution < 1.29 is 4.79 Å². The van der Waals surface area contributed by atoms with Gasteiger partial charge in [0.2, 0.25) is 5.91 Å². The minimum Gasteiger partial charge on any atom is -0.338 e. The molecule has 4 atom stereocenters. The van der Waals surface area contributed by atoms with Crippen LogP contribution in [0.15, 0.2) is 0 Å². The summed E-state index contributed by atoms with van der Waals surface area (Å²) in [5.74, 6) is 1.97. The summed E-state index contributed by atoms with van der Waals surface area (Å²) >= 11 is 0. The summed E-state index contributed by atoms with van der Waals surface area (Å²) in [6.45, 7) is 4.31. The Balaban J connectivity index is 1.62. The van der Waals surface area contributed by atoms with E-state index in [2.05, 4.69) is 17.1 Å². The molecule has 0 radical (unpaired) electrons. The number of likely N-dealkylation sites (tertiary alicyclic amines) is 1. The summed E-state index contributed by atoms with van der Waals surface area (Å²) < 4.78 is 0. The lowest BCUT2D eigenvalue weighted by molar-refractivity contribution is -0.136. The third-order valence-electron chi connectivity index (χ3n) is 5.08.